The molecule has 6 nitrogen and oxygen atoms in total. The summed E-state index contributed by atoms with van der Waals surface area (Å²) in [6, 6.07) is 0. The summed E-state index contributed by atoms with van der Waals surface area (Å²) in [5.74, 6) is 0.390. The van der Waals surface area contributed by atoms with Crippen LogP contribution in [-0.4, -0.2) is 29.8 Å². The van der Waals surface area contributed by atoms with Gasteiger partial charge in [0.05, 0.1) is 7.11 Å². The van der Waals surface area contributed by atoms with Crippen LogP contribution in [0.3, 0.4) is 0 Å². The molecule has 1 heterocycles. The van der Waals surface area contributed by atoms with Gasteiger partial charge in [-0.15, -0.1) is 0 Å². The largest absolute Gasteiger partial charge is 0.368 e. The van der Waals surface area contributed by atoms with Crippen molar-refractivity contribution in [2.24, 2.45) is 21.5 Å². The van der Waals surface area contributed by atoms with Crippen LogP contribution < -0.4 is 11.5 Å². The molecule has 1 rings (SSSR count). The number of hydroxylamine groups is 2. The molecule has 0 aromatic heterocycles. The quantitative estimate of drug-likeness (QED) is 0.542. The van der Waals surface area contributed by atoms with Gasteiger partial charge in [-0.2, -0.15) is 10.1 Å². The number of aliphatic imine (C=N–C) groups is 2. The normalized spacial score (nSPS) is 21.8. The van der Waals surface area contributed by atoms with Gasteiger partial charge in [-0.3, -0.25) is 4.84 Å². The Labute approximate surface area is 70.9 Å². The van der Waals surface area contributed by atoms with Crippen molar-refractivity contribution < 1.29 is 4.84 Å². The summed E-state index contributed by atoms with van der Waals surface area (Å²) in [4.78, 5) is 12.8. The molecule has 4 N–H and O–H groups in total. The van der Waals surface area contributed by atoms with E-state index in [0.717, 1.165) is 0 Å². The van der Waals surface area contributed by atoms with Crippen molar-refractivity contribution >= 4 is 11.9 Å². The van der Waals surface area contributed by atoms with Crippen LogP contribution in [0.25, 0.3) is 0 Å². The van der Waals surface area contributed by atoms with Crippen LogP contribution >= 0.6 is 0 Å². The van der Waals surface area contributed by atoms with Crippen LogP contribution in [0.4, 0.5) is 0 Å². The van der Waals surface area contributed by atoms with E-state index in [-0.39, 0.29) is 11.9 Å². The zero-order valence-electron chi connectivity index (χ0n) is 7.40. The molecule has 0 aliphatic carbocycles. The first-order valence-electron chi connectivity index (χ1n) is 3.51. The molecule has 0 aromatic carbocycles. The van der Waals surface area contributed by atoms with Gasteiger partial charge in [-0.25, -0.2) is 4.99 Å². The van der Waals surface area contributed by atoms with E-state index in [1.165, 1.54) is 12.2 Å². The first-order valence-corrected chi connectivity index (χ1v) is 3.51. The van der Waals surface area contributed by atoms with Crippen molar-refractivity contribution in [3.8, 4) is 0 Å². The van der Waals surface area contributed by atoms with Crippen molar-refractivity contribution in [1.29, 1.82) is 0 Å². The summed E-state index contributed by atoms with van der Waals surface area (Å²) in [6.07, 6.45) is 0. The second kappa shape index (κ2) is 2.63. The van der Waals surface area contributed by atoms with Crippen molar-refractivity contribution in [2.75, 3.05) is 7.11 Å². The van der Waals surface area contributed by atoms with Gasteiger partial charge in [-0.05, 0) is 13.8 Å². The van der Waals surface area contributed by atoms with Crippen molar-refractivity contribution in [1.82, 2.24) is 5.06 Å². The van der Waals surface area contributed by atoms with Crippen molar-refractivity contribution in [2.45, 2.75) is 19.5 Å². The lowest BCUT2D eigenvalue weighted by molar-refractivity contribution is -0.129. The monoisotopic (exact) mass is 171 g/mol. The molecular weight excluding hydrogens is 158 g/mol. The average Bonchev–Trinajstić information content (AvgIpc) is 1.82. The molecule has 0 unspecified atom stereocenters. The summed E-state index contributed by atoms with van der Waals surface area (Å²) in [6.45, 7) is 3.65. The standard InChI is InChI=1S/C6H13N5O/c1-6(2)10-4(7)9-5(8)11(6)12-3/h1-3H3,(H4,7,8,9,10). The molecule has 0 radical (unpaired) electrons. The third-order valence-electron chi connectivity index (χ3n) is 1.50. The smallest absolute Gasteiger partial charge is 0.226 e. The van der Waals surface area contributed by atoms with Crippen molar-refractivity contribution in [3.05, 3.63) is 0 Å². The molecule has 68 valence electrons. The van der Waals surface area contributed by atoms with Crippen LogP contribution in [0.15, 0.2) is 9.98 Å². The number of hydrogen-bond donors (Lipinski definition) is 2. The Morgan fingerprint density at radius 3 is 2.42 bits per heavy atom. The van der Waals surface area contributed by atoms with E-state index in [0.29, 0.717) is 0 Å². The predicted molar refractivity (Wildman–Crippen MR) is 46.2 cm³/mol. The maximum atomic E-state index is 5.55. The van der Waals surface area contributed by atoms with E-state index in [9.17, 15) is 0 Å². The highest BCUT2D eigenvalue weighted by atomic mass is 16.7. The molecule has 1 aliphatic heterocycles. The Bertz CT molecular complexity index is 244. The fourth-order valence-electron chi connectivity index (χ4n) is 1.11. The van der Waals surface area contributed by atoms with E-state index < -0.39 is 5.66 Å². The van der Waals surface area contributed by atoms with Crippen LogP contribution in [-0.2, 0) is 4.84 Å². The Morgan fingerprint density at radius 1 is 1.42 bits per heavy atom. The number of nitrogens with two attached hydrogens (primary N) is 2. The number of rotatable bonds is 1. The van der Waals surface area contributed by atoms with Crippen LogP contribution in [0, 0.1) is 0 Å². The Morgan fingerprint density at radius 2 is 2.00 bits per heavy atom. The molecule has 6 heteroatoms. The second-order valence-electron chi connectivity index (χ2n) is 2.91. The van der Waals surface area contributed by atoms with Gasteiger partial charge in [0, 0.05) is 0 Å². The Kier molecular flexibility index (Phi) is 1.93. The topological polar surface area (TPSA) is 89.2 Å². The number of guanidine groups is 2. The van der Waals surface area contributed by atoms with Crippen LogP contribution in [0.5, 0.6) is 0 Å². The van der Waals surface area contributed by atoms with Gasteiger partial charge in [0.25, 0.3) is 0 Å². The molecule has 0 atom stereocenters. The highest BCUT2D eigenvalue weighted by Gasteiger charge is 2.31. The lowest BCUT2D eigenvalue weighted by atomic mass is 10.2. The number of hydrogen-bond acceptors (Lipinski definition) is 6. The summed E-state index contributed by atoms with van der Waals surface area (Å²) >= 11 is 0. The zero-order chi connectivity index (χ0) is 9.35. The maximum absolute atomic E-state index is 5.55. The molecule has 1 aliphatic rings. The van der Waals surface area contributed by atoms with Crippen LogP contribution in [0.1, 0.15) is 13.8 Å². The van der Waals surface area contributed by atoms with Gasteiger partial charge in [0.1, 0.15) is 0 Å². The predicted octanol–water partition coefficient (Wildman–Crippen LogP) is -0.771. The minimum absolute atomic E-state index is 0.172. The van der Waals surface area contributed by atoms with E-state index in [4.69, 9.17) is 16.3 Å². The second-order valence-corrected chi connectivity index (χ2v) is 2.91. The highest BCUT2D eigenvalue weighted by Crippen LogP contribution is 2.18. The Balaban J connectivity index is 2.99. The number of nitrogens with zero attached hydrogens (tertiary/aromatic N) is 3. The third kappa shape index (κ3) is 1.33. The molecule has 12 heavy (non-hydrogen) atoms. The minimum atomic E-state index is -0.593. The molecule has 0 aromatic rings. The highest BCUT2D eigenvalue weighted by molar-refractivity contribution is 5.95. The third-order valence-corrected chi connectivity index (χ3v) is 1.50. The summed E-state index contributed by atoms with van der Waals surface area (Å²) in [5, 5.41) is 1.39. The maximum Gasteiger partial charge on any atom is 0.226 e. The minimum Gasteiger partial charge on any atom is -0.368 e. The van der Waals surface area contributed by atoms with Crippen LogP contribution in [0.2, 0.25) is 0 Å². The van der Waals surface area contributed by atoms with Gasteiger partial charge in [0.2, 0.25) is 11.9 Å². The van der Waals surface area contributed by atoms with E-state index in [2.05, 4.69) is 9.98 Å². The van der Waals surface area contributed by atoms with Gasteiger partial charge < -0.3 is 11.5 Å². The lowest BCUT2D eigenvalue weighted by Gasteiger charge is -2.35. The van der Waals surface area contributed by atoms with E-state index in [1.54, 1.807) is 0 Å². The van der Waals surface area contributed by atoms with Crippen molar-refractivity contribution in [3.63, 3.8) is 0 Å². The summed E-state index contributed by atoms with van der Waals surface area (Å²) < 4.78 is 0. The molecule has 0 amide bonds. The average molecular weight is 171 g/mol. The summed E-state index contributed by atoms with van der Waals surface area (Å²) in [7, 11) is 1.50. The zero-order valence-corrected chi connectivity index (χ0v) is 7.40. The molecule has 0 bridgehead atoms. The molecular formula is C6H13N5O. The fourth-order valence-corrected chi connectivity index (χ4v) is 1.11. The Hall–Kier alpha value is -1.30. The SMILES string of the molecule is CON1C(N)=NC(N)=NC1(C)C. The first-order chi connectivity index (χ1) is 5.47. The first kappa shape index (κ1) is 8.79. The molecule has 0 fully saturated rings. The lowest BCUT2D eigenvalue weighted by Crippen LogP contribution is -2.53. The van der Waals surface area contributed by atoms with E-state index >= 15 is 0 Å². The summed E-state index contributed by atoms with van der Waals surface area (Å²) in [5.41, 5.74) is 10.4. The fraction of sp³-hybridized carbons (Fsp3) is 0.667. The van der Waals surface area contributed by atoms with Gasteiger partial charge >= 0.3 is 0 Å². The molecule has 0 saturated heterocycles. The van der Waals surface area contributed by atoms with Gasteiger partial charge in [0.15, 0.2) is 5.66 Å². The van der Waals surface area contributed by atoms with E-state index in [1.807, 2.05) is 13.8 Å². The van der Waals surface area contributed by atoms with Gasteiger partial charge in [-0.1, -0.05) is 0 Å². The molecule has 0 spiro atoms. The molecule has 0 saturated carbocycles.